The van der Waals surface area contributed by atoms with Crippen molar-refractivity contribution in [3.05, 3.63) is 0 Å². The first kappa shape index (κ1) is 12.9. The minimum atomic E-state index is 0.617. The lowest BCUT2D eigenvalue weighted by atomic mass is 10.0. The summed E-state index contributed by atoms with van der Waals surface area (Å²) in [5, 5.41) is 3.32. The van der Waals surface area contributed by atoms with Crippen LogP contribution in [0.4, 0.5) is 0 Å². The Morgan fingerprint density at radius 3 is 2.53 bits per heavy atom. The molecule has 3 atom stereocenters. The number of piperazine rings is 1. The van der Waals surface area contributed by atoms with Gasteiger partial charge >= 0.3 is 0 Å². The van der Waals surface area contributed by atoms with Crippen molar-refractivity contribution >= 4 is 0 Å². The fraction of sp³-hybridized carbons (Fsp3) is 1.00. The van der Waals surface area contributed by atoms with Gasteiger partial charge in [-0.25, -0.2) is 0 Å². The average molecular weight is 213 g/mol. The zero-order valence-electron chi connectivity index (χ0n) is 11.0. The van der Waals surface area contributed by atoms with Crippen LogP contribution in [0.2, 0.25) is 0 Å². The largest absolute Gasteiger partial charge is 0.317 e. The minimum absolute atomic E-state index is 0.617. The van der Waals surface area contributed by atoms with E-state index >= 15 is 0 Å². The van der Waals surface area contributed by atoms with Crippen LogP contribution in [0.15, 0.2) is 0 Å². The van der Waals surface area contributed by atoms with E-state index in [0.717, 1.165) is 0 Å². The molecule has 0 aliphatic carbocycles. The van der Waals surface area contributed by atoms with Crippen molar-refractivity contribution in [3.8, 4) is 0 Å². The molecule has 0 bridgehead atoms. The third-order valence-corrected chi connectivity index (χ3v) is 3.64. The summed E-state index contributed by atoms with van der Waals surface area (Å²) in [6, 6.07) is 2.01. The van der Waals surface area contributed by atoms with Crippen molar-refractivity contribution in [1.29, 1.82) is 0 Å². The summed E-state index contributed by atoms with van der Waals surface area (Å²) in [4.78, 5) is 5.07. The molecule has 1 fully saturated rings. The number of rotatable bonds is 4. The van der Waals surface area contributed by atoms with Gasteiger partial charge in [-0.05, 0) is 41.3 Å². The molecule has 0 aromatic carbocycles. The van der Waals surface area contributed by atoms with Crippen LogP contribution < -0.4 is 5.32 Å². The van der Waals surface area contributed by atoms with Gasteiger partial charge in [-0.1, -0.05) is 0 Å². The number of nitrogens with one attached hydrogen (secondary N) is 1. The van der Waals surface area contributed by atoms with Gasteiger partial charge in [0.15, 0.2) is 0 Å². The highest BCUT2D eigenvalue weighted by atomic mass is 15.3. The van der Waals surface area contributed by atoms with Crippen LogP contribution >= 0.6 is 0 Å². The second-order valence-electron chi connectivity index (χ2n) is 5.12. The Bertz CT molecular complexity index is 184. The van der Waals surface area contributed by atoms with E-state index in [1.54, 1.807) is 0 Å². The van der Waals surface area contributed by atoms with Crippen molar-refractivity contribution < 1.29 is 0 Å². The number of nitrogens with zero attached hydrogens (tertiary/aromatic N) is 2. The lowest BCUT2D eigenvalue weighted by Crippen LogP contribution is -2.54. The molecule has 3 unspecified atom stereocenters. The lowest BCUT2D eigenvalue weighted by Gasteiger charge is -2.42. The summed E-state index contributed by atoms with van der Waals surface area (Å²) < 4.78 is 0. The Morgan fingerprint density at radius 2 is 2.00 bits per heavy atom. The van der Waals surface area contributed by atoms with E-state index in [1.807, 2.05) is 7.05 Å². The molecule has 90 valence electrons. The van der Waals surface area contributed by atoms with Crippen molar-refractivity contribution in [1.82, 2.24) is 15.1 Å². The smallest absolute Gasteiger partial charge is 0.0198 e. The van der Waals surface area contributed by atoms with Crippen molar-refractivity contribution in [3.63, 3.8) is 0 Å². The van der Waals surface area contributed by atoms with E-state index in [2.05, 4.69) is 42.9 Å². The first-order chi connectivity index (χ1) is 7.04. The molecule has 1 aliphatic rings. The number of hydrogen-bond acceptors (Lipinski definition) is 3. The molecule has 1 rings (SSSR count). The van der Waals surface area contributed by atoms with Gasteiger partial charge < -0.3 is 10.2 Å². The summed E-state index contributed by atoms with van der Waals surface area (Å²) in [6.45, 7) is 10.6. The highest BCUT2D eigenvalue weighted by Crippen LogP contribution is 2.15. The Labute approximate surface area is 94.8 Å². The molecule has 0 aromatic heterocycles. The van der Waals surface area contributed by atoms with Crippen LogP contribution in [-0.4, -0.2) is 61.7 Å². The molecule has 3 heteroatoms. The van der Waals surface area contributed by atoms with Gasteiger partial charge in [0.1, 0.15) is 0 Å². The maximum absolute atomic E-state index is 3.32. The second kappa shape index (κ2) is 5.83. The summed E-state index contributed by atoms with van der Waals surface area (Å²) in [5.74, 6) is 0. The van der Waals surface area contributed by atoms with Crippen LogP contribution in [0.25, 0.3) is 0 Å². The summed E-state index contributed by atoms with van der Waals surface area (Å²) in [7, 11) is 4.26. The number of hydrogen-bond donors (Lipinski definition) is 1. The van der Waals surface area contributed by atoms with E-state index in [1.165, 1.54) is 26.1 Å². The van der Waals surface area contributed by atoms with Crippen LogP contribution in [0.3, 0.4) is 0 Å². The zero-order valence-corrected chi connectivity index (χ0v) is 11.0. The summed E-state index contributed by atoms with van der Waals surface area (Å²) in [6.07, 6.45) is 1.24. The van der Waals surface area contributed by atoms with Gasteiger partial charge in [0.2, 0.25) is 0 Å². The topological polar surface area (TPSA) is 18.5 Å². The average Bonchev–Trinajstić information content (AvgIpc) is 2.17. The normalized spacial score (nSPS) is 29.0. The number of likely N-dealkylation sites (N-methyl/N-ethyl adjacent to an activating group) is 1. The first-order valence-corrected chi connectivity index (χ1v) is 6.16. The third-order valence-electron chi connectivity index (χ3n) is 3.64. The quantitative estimate of drug-likeness (QED) is 0.752. The maximum Gasteiger partial charge on any atom is 0.0198 e. The molecular weight excluding hydrogens is 186 g/mol. The molecule has 0 saturated carbocycles. The second-order valence-corrected chi connectivity index (χ2v) is 5.12. The molecule has 1 saturated heterocycles. The van der Waals surface area contributed by atoms with Crippen LogP contribution in [0, 0.1) is 0 Å². The Balaban J connectivity index is 2.41. The molecule has 0 spiro atoms. The minimum Gasteiger partial charge on any atom is -0.317 e. The van der Waals surface area contributed by atoms with Crippen LogP contribution in [0.5, 0.6) is 0 Å². The van der Waals surface area contributed by atoms with Gasteiger partial charge in [0, 0.05) is 37.8 Å². The highest BCUT2D eigenvalue weighted by Gasteiger charge is 2.25. The van der Waals surface area contributed by atoms with Crippen molar-refractivity contribution in [2.75, 3.05) is 33.7 Å². The molecule has 0 aromatic rings. The van der Waals surface area contributed by atoms with E-state index in [4.69, 9.17) is 0 Å². The van der Waals surface area contributed by atoms with Gasteiger partial charge in [-0.3, -0.25) is 4.90 Å². The predicted octanol–water partition coefficient (Wildman–Crippen LogP) is 1.01. The summed E-state index contributed by atoms with van der Waals surface area (Å²) in [5.41, 5.74) is 0. The molecule has 0 amide bonds. The standard InChI is InChI=1S/C12H27N3/c1-10(13-4)8-11(2)15-7-6-14(5)9-12(15)3/h10-13H,6-9H2,1-5H3. The lowest BCUT2D eigenvalue weighted by molar-refractivity contribution is 0.0613. The molecule has 0 radical (unpaired) electrons. The first-order valence-electron chi connectivity index (χ1n) is 6.16. The van der Waals surface area contributed by atoms with Gasteiger partial charge in [0.05, 0.1) is 0 Å². The monoisotopic (exact) mass is 213 g/mol. The third kappa shape index (κ3) is 3.74. The SMILES string of the molecule is CNC(C)CC(C)N1CCN(C)CC1C. The molecular formula is C12H27N3. The van der Waals surface area contributed by atoms with E-state index in [9.17, 15) is 0 Å². The maximum atomic E-state index is 3.32. The fourth-order valence-corrected chi connectivity index (χ4v) is 2.57. The summed E-state index contributed by atoms with van der Waals surface area (Å²) >= 11 is 0. The Kier molecular flexibility index (Phi) is 5.03. The molecule has 1 heterocycles. The molecule has 15 heavy (non-hydrogen) atoms. The van der Waals surface area contributed by atoms with Crippen molar-refractivity contribution in [2.24, 2.45) is 0 Å². The van der Waals surface area contributed by atoms with Gasteiger partial charge in [0.25, 0.3) is 0 Å². The van der Waals surface area contributed by atoms with Crippen LogP contribution in [0.1, 0.15) is 27.2 Å². The molecule has 1 aliphatic heterocycles. The van der Waals surface area contributed by atoms with E-state index < -0.39 is 0 Å². The van der Waals surface area contributed by atoms with E-state index in [-0.39, 0.29) is 0 Å². The Hall–Kier alpha value is -0.120. The van der Waals surface area contributed by atoms with Crippen molar-refractivity contribution in [2.45, 2.75) is 45.3 Å². The predicted molar refractivity (Wildman–Crippen MR) is 66.3 cm³/mol. The highest BCUT2D eigenvalue weighted by molar-refractivity contribution is 4.82. The molecule has 3 nitrogen and oxygen atoms in total. The van der Waals surface area contributed by atoms with Crippen LogP contribution in [-0.2, 0) is 0 Å². The zero-order chi connectivity index (χ0) is 11.4. The van der Waals surface area contributed by atoms with E-state index in [0.29, 0.717) is 18.1 Å². The van der Waals surface area contributed by atoms with Gasteiger partial charge in [-0.2, -0.15) is 0 Å². The fourth-order valence-electron chi connectivity index (χ4n) is 2.57. The van der Waals surface area contributed by atoms with Gasteiger partial charge in [-0.15, -0.1) is 0 Å². The molecule has 1 N–H and O–H groups in total. The Morgan fingerprint density at radius 1 is 1.33 bits per heavy atom.